The molecule has 2 heterocycles. The fourth-order valence-corrected chi connectivity index (χ4v) is 2.89. The molecule has 5 heteroatoms. The molecule has 5 nitrogen and oxygen atoms in total. The number of hydrogen-bond acceptors (Lipinski definition) is 4. The fraction of sp³-hybridized carbons (Fsp3) is 0.917. The highest BCUT2D eigenvalue weighted by molar-refractivity contribution is 5.68. The van der Waals surface area contributed by atoms with Crippen molar-refractivity contribution < 1.29 is 14.6 Å². The molecule has 2 saturated heterocycles. The second kappa shape index (κ2) is 5.33. The average molecular weight is 242 g/mol. The van der Waals surface area contributed by atoms with Gasteiger partial charge in [-0.2, -0.15) is 0 Å². The summed E-state index contributed by atoms with van der Waals surface area (Å²) < 4.78 is 5.62. The van der Waals surface area contributed by atoms with Gasteiger partial charge in [0.15, 0.2) is 0 Å². The standard InChI is InChI=1S/C12H22N2O3/c1-2-17-10-3-5-14(6-4-10)12(7-11(15)16)8-13-9-12/h10,13H,2-9H2,1H3,(H,15,16). The Kier molecular flexibility index (Phi) is 4.01. The van der Waals surface area contributed by atoms with E-state index in [4.69, 9.17) is 9.84 Å². The lowest BCUT2D eigenvalue weighted by Crippen LogP contribution is -2.70. The van der Waals surface area contributed by atoms with Crippen molar-refractivity contribution in [1.82, 2.24) is 10.2 Å². The number of ether oxygens (including phenoxy) is 1. The second-order valence-corrected chi connectivity index (χ2v) is 5.04. The first kappa shape index (κ1) is 12.8. The quantitative estimate of drug-likeness (QED) is 0.726. The SMILES string of the molecule is CCOC1CCN(C2(CC(=O)O)CNC2)CC1. The van der Waals surface area contributed by atoms with Gasteiger partial charge < -0.3 is 15.2 Å². The number of hydrogen-bond donors (Lipinski definition) is 2. The van der Waals surface area contributed by atoms with E-state index in [-0.39, 0.29) is 12.0 Å². The molecule has 2 N–H and O–H groups in total. The number of piperidine rings is 1. The van der Waals surface area contributed by atoms with Gasteiger partial charge in [0.25, 0.3) is 0 Å². The van der Waals surface area contributed by atoms with Crippen molar-refractivity contribution in [3.8, 4) is 0 Å². The van der Waals surface area contributed by atoms with Crippen molar-refractivity contribution >= 4 is 5.97 Å². The Bertz CT molecular complexity index is 271. The lowest BCUT2D eigenvalue weighted by molar-refractivity contribution is -0.142. The van der Waals surface area contributed by atoms with Gasteiger partial charge in [0.05, 0.1) is 18.1 Å². The molecule has 0 saturated carbocycles. The van der Waals surface area contributed by atoms with Crippen molar-refractivity contribution in [2.45, 2.75) is 37.8 Å². The van der Waals surface area contributed by atoms with Gasteiger partial charge >= 0.3 is 5.97 Å². The van der Waals surface area contributed by atoms with Crippen LogP contribution >= 0.6 is 0 Å². The summed E-state index contributed by atoms with van der Waals surface area (Å²) in [6, 6.07) is 0. The maximum atomic E-state index is 10.9. The molecule has 0 aromatic rings. The predicted molar refractivity (Wildman–Crippen MR) is 64.1 cm³/mol. The minimum atomic E-state index is -0.696. The Labute approximate surface area is 102 Å². The van der Waals surface area contributed by atoms with Crippen LogP contribution in [-0.4, -0.2) is 60.4 Å². The lowest BCUT2D eigenvalue weighted by Gasteiger charge is -2.52. The molecule has 0 spiro atoms. The van der Waals surface area contributed by atoms with Crippen LogP contribution in [0.1, 0.15) is 26.2 Å². The maximum Gasteiger partial charge on any atom is 0.305 e. The molecule has 2 rings (SSSR count). The normalized spacial score (nSPS) is 25.5. The average Bonchev–Trinajstić information content (AvgIpc) is 2.25. The highest BCUT2D eigenvalue weighted by Crippen LogP contribution is 2.28. The Morgan fingerprint density at radius 1 is 1.47 bits per heavy atom. The number of nitrogens with zero attached hydrogens (tertiary/aromatic N) is 1. The van der Waals surface area contributed by atoms with Crippen LogP contribution in [0.3, 0.4) is 0 Å². The predicted octanol–water partition coefficient (Wildman–Crippen LogP) is 0.304. The summed E-state index contributed by atoms with van der Waals surface area (Å²) in [5.41, 5.74) is -0.136. The molecule has 0 amide bonds. The summed E-state index contributed by atoms with van der Waals surface area (Å²) in [7, 11) is 0. The lowest BCUT2D eigenvalue weighted by atomic mass is 9.84. The van der Waals surface area contributed by atoms with E-state index < -0.39 is 5.97 Å². The first-order chi connectivity index (χ1) is 8.16. The van der Waals surface area contributed by atoms with E-state index in [1.54, 1.807) is 0 Å². The molecule has 2 aliphatic rings. The van der Waals surface area contributed by atoms with Crippen LogP contribution in [0, 0.1) is 0 Å². The monoisotopic (exact) mass is 242 g/mol. The van der Waals surface area contributed by atoms with Gasteiger partial charge in [-0.25, -0.2) is 0 Å². The molecular weight excluding hydrogens is 220 g/mol. The van der Waals surface area contributed by atoms with Crippen LogP contribution in [-0.2, 0) is 9.53 Å². The fourth-order valence-electron chi connectivity index (χ4n) is 2.89. The van der Waals surface area contributed by atoms with Gasteiger partial charge in [-0.3, -0.25) is 9.69 Å². The first-order valence-corrected chi connectivity index (χ1v) is 6.45. The molecular formula is C12H22N2O3. The minimum absolute atomic E-state index is 0.136. The Balaban J connectivity index is 1.88. The van der Waals surface area contributed by atoms with E-state index >= 15 is 0 Å². The van der Waals surface area contributed by atoms with Crippen molar-refractivity contribution in [2.24, 2.45) is 0 Å². The smallest absolute Gasteiger partial charge is 0.305 e. The zero-order valence-corrected chi connectivity index (χ0v) is 10.4. The van der Waals surface area contributed by atoms with Crippen LogP contribution in [0.4, 0.5) is 0 Å². The zero-order chi connectivity index (χ0) is 12.3. The number of carboxylic acids is 1. The number of likely N-dealkylation sites (tertiary alicyclic amines) is 1. The Morgan fingerprint density at radius 2 is 2.12 bits per heavy atom. The minimum Gasteiger partial charge on any atom is -0.481 e. The summed E-state index contributed by atoms with van der Waals surface area (Å²) in [5, 5.41) is 12.2. The molecule has 0 aromatic heterocycles. The van der Waals surface area contributed by atoms with Crippen LogP contribution in [0.15, 0.2) is 0 Å². The van der Waals surface area contributed by atoms with Crippen LogP contribution in [0.2, 0.25) is 0 Å². The zero-order valence-electron chi connectivity index (χ0n) is 10.4. The summed E-state index contributed by atoms with van der Waals surface area (Å²) in [5.74, 6) is -0.696. The summed E-state index contributed by atoms with van der Waals surface area (Å²) in [6.07, 6.45) is 2.66. The number of carboxylic acid groups (broad SMARTS) is 1. The van der Waals surface area contributed by atoms with Gasteiger partial charge in [0.2, 0.25) is 0 Å². The molecule has 0 unspecified atom stereocenters. The highest BCUT2D eigenvalue weighted by atomic mass is 16.5. The molecule has 2 fully saturated rings. The molecule has 2 aliphatic heterocycles. The summed E-state index contributed by atoms with van der Waals surface area (Å²) in [4.78, 5) is 13.3. The number of carbonyl (C=O) groups is 1. The molecule has 0 aromatic carbocycles. The third-order valence-corrected chi connectivity index (χ3v) is 3.90. The third kappa shape index (κ3) is 2.78. The summed E-state index contributed by atoms with van der Waals surface area (Å²) >= 11 is 0. The molecule has 0 aliphatic carbocycles. The van der Waals surface area contributed by atoms with Crippen LogP contribution < -0.4 is 5.32 Å². The third-order valence-electron chi connectivity index (χ3n) is 3.90. The van der Waals surface area contributed by atoms with Crippen molar-refractivity contribution in [2.75, 3.05) is 32.8 Å². The molecule has 0 radical (unpaired) electrons. The molecule has 0 bridgehead atoms. The van der Waals surface area contributed by atoms with Gasteiger partial charge in [0.1, 0.15) is 0 Å². The number of rotatable bonds is 5. The highest BCUT2D eigenvalue weighted by Gasteiger charge is 2.45. The van der Waals surface area contributed by atoms with Gasteiger partial charge in [-0.15, -0.1) is 0 Å². The largest absolute Gasteiger partial charge is 0.481 e. The number of nitrogens with one attached hydrogen (secondary N) is 1. The number of aliphatic carboxylic acids is 1. The van der Waals surface area contributed by atoms with E-state index in [0.29, 0.717) is 6.10 Å². The van der Waals surface area contributed by atoms with E-state index in [2.05, 4.69) is 10.2 Å². The maximum absolute atomic E-state index is 10.9. The van der Waals surface area contributed by atoms with Crippen LogP contribution in [0.5, 0.6) is 0 Å². The molecule has 17 heavy (non-hydrogen) atoms. The summed E-state index contributed by atoms with van der Waals surface area (Å²) in [6.45, 7) is 6.32. The van der Waals surface area contributed by atoms with Crippen LogP contribution in [0.25, 0.3) is 0 Å². The van der Waals surface area contributed by atoms with Crippen molar-refractivity contribution in [3.05, 3.63) is 0 Å². The van der Waals surface area contributed by atoms with E-state index in [9.17, 15) is 4.79 Å². The molecule has 98 valence electrons. The van der Waals surface area contributed by atoms with E-state index in [1.165, 1.54) is 0 Å². The van der Waals surface area contributed by atoms with E-state index in [1.807, 2.05) is 6.92 Å². The van der Waals surface area contributed by atoms with Gasteiger partial charge in [-0.05, 0) is 19.8 Å². The van der Waals surface area contributed by atoms with Gasteiger partial charge in [0, 0.05) is 32.8 Å². The van der Waals surface area contributed by atoms with Gasteiger partial charge in [-0.1, -0.05) is 0 Å². The first-order valence-electron chi connectivity index (χ1n) is 6.45. The topological polar surface area (TPSA) is 61.8 Å². The van der Waals surface area contributed by atoms with Crippen molar-refractivity contribution in [1.29, 1.82) is 0 Å². The second-order valence-electron chi connectivity index (χ2n) is 5.04. The van der Waals surface area contributed by atoms with Crippen molar-refractivity contribution in [3.63, 3.8) is 0 Å². The Hall–Kier alpha value is -0.650. The Morgan fingerprint density at radius 3 is 2.53 bits per heavy atom. The molecule has 0 atom stereocenters. The van der Waals surface area contributed by atoms with E-state index in [0.717, 1.165) is 45.6 Å².